The topological polar surface area (TPSA) is 54.5 Å². The van der Waals surface area contributed by atoms with Crippen LogP contribution in [0.5, 0.6) is 5.88 Å². The zero-order chi connectivity index (χ0) is 21.8. The van der Waals surface area contributed by atoms with Crippen molar-refractivity contribution in [3.05, 3.63) is 71.3 Å². The summed E-state index contributed by atoms with van der Waals surface area (Å²) in [5.74, 6) is 0.520. The molecule has 31 heavy (non-hydrogen) atoms. The standard InChI is InChI=1S/C25H29N3O2S/c1-4-30-23-14-12-21-25(27-23)31(29)22-13-11-18(2)19(3)24(22)28(21)16-8-15-26-17-20-9-6-5-7-10-20/h5-7,9-14,26H,4,8,15-17H2,1-3H3. The molecule has 1 aromatic heterocycles. The second-order valence-corrected chi connectivity index (χ2v) is 9.06. The summed E-state index contributed by atoms with van der Waals surface area (Å²) in [4.78, 5) is 7.70. The van der Waals surface area contributed by atoms with Gasteiger partial charge in [0.1, 0.15) is 10.8 Å². The first-order chi connectivity index (χ1) is 15.1. The van der Waals surface area contributed by atoms with Crippen molar-refractivity contribution < 1.29 is 8.95 Å². The lowest BCUT2D eigenvalue weighted by molar-refractivity contribution is 0.324. The quantitative estimate of drug-likeness (QED) is 0.510. The second kappa shape index (κ2) is 9.62. The maximum atomic E-state index is 13.4. The summed E-state index contributed by atoms with van der Waals surface area (Å²) in [7, 11) is -1.33. The Morgan fingerprint density at radius 1 is 1.06 bits per heavy atom. The van der Waals surface area contributed by atoms with Crippen LogP contribution in [0.15, 0.2) is 64.5 Å². The molecule has 2 aromatic carbocycles. The van der Waals surface area contributed by atoms with E-state index in [9.17, 15) is 4.21 Å². The van der Waals surface area contributed by atoms with Crippen LogP contribution in [-0.2, 0) is 17.3 Å². The minimum atomic E-state index is -1.33. The van der Waals surface area contributed by atoms with Crippen LogP contribution in [-0.4, -0.2) is 28.9 Å². The molecule has 0 bridgehead atoms. The lowest BCUT2D eigenvalue weighted by Crippen LogP contribution is -2.29. The Kier molecular flexibility index (Phi) is 6.68. The van der Waals surface area contributed by atoms with Gasteiger partial charge in [-0.05, 0) is 62.6 Å². The maximum absolute atomic E-state index is 13.4. The number of pyridine rings is 1. The van der Waals surface area contributed by atoms with Crippen LogP contribution in [0.4, 0.5) is 11.4 Å². The van der Waals surface area contributed by atoms with Gasteiger partial charge in [-0.2, -0.15) is 0 Å². The fourth-order valence-electron chi connectivity index (χ4n) is 3.90. The van der Waals surface area contributed by atoms with E-state index in [2.05, 4.69) is 53.3 Å². The summed E-state index contributed by atoms with van der Waals surface area (Å²) in [5.41, 5.74) is 5.62. The SMILES string of the molecule is CCOc1ccc2c(n1)S(=O)c1ccc(C)c(C)c1N2CCCNCc1ccccc1. The number of rotatable bonds is 8. The predicted octanol–water partition coefficient (Wildman–Crippen LogP) is 4.90. The number of hydrogen-bond donors (Lipinski definition) is 1. The molecule has 0 radical (unpaired) electrons. The van der Waals surface area contributed by atoms with Crippen molar-refractivity contribution in [1.29, 1.82) is 0 Å². The molecule has 0 aliphatic carbocycles. The van der Waals surface area contributed by atoms with Gasteiger partial charge in [-0.1, -0.05) is 36.4 Å². The normalized spacial score (nSPS) is 14.8. The highest BCUT2D eigenvalue weighted by atomic mass is 32.2. The first-order valence-corrected chi connectivity index (χ1v) is 11.9. The van der Waals surface area contributed by atoms with E-state index in [1.165, 1.54) is 16.7 Å². The van der Waals surface area contributed by atoms with Gasteiger partial charge in [0.15, 0.2) is 5.03 Å². The average Bonchev–Trinajstić information content (AvgIpc) is 2.79. The molecule has 1 aliphatic heterocycles. The molecule has 162 valence electrons. The van der Waals surface area contributed by atoms with Crippen LogP contribution in [0.1, 0.15) is 30.0 Å². The molecule has 3 aromatic rings. The minimum Gasteiger partial charge on any atom is -0.478 e. The molecule has 0 fully saturated rings. The number of nitrogens with one attached hydrogen (secondary N) is 1. The Hall–Kier alpha value is -2.70. The zero-order valence-corrected chi connectivity index (χ0v) is 19.2. The van der Waals surface area contributed by atoms with Crippen LogP contribution in [0.25, 0.3) is 0 Å². The first kappa shape index (κ1) is 21.5. The van der Waals surface area contributed by atoms with Crippen LogP contribution < -0.4 is 15.0 Å². The molecule has 2 heterocycles. The number of ether oxygens (including phenoxy) is 1. The van der Waals surface area contributed by atoms with Crippen molar-refractivity contribution in [2.75, 3.05) is 24.6 Å². The molecule has 0 spiro atoms. The molecule has 0 amide bonds. The Balaban J connectivity index is 1.57. The van der Waals surface area contributed by atoms with Crippen LogP contribution in [0, 0.1) is 13.8 Å². The van der Waals surface area contributed by atoms with Crippen LogP contribution >= 0.6 is 0 Å². The summed E-state index contributed by atoms with van der Waals surface area (Å²) < 4.78 is 18.9. The molecule has 6 heteroatoms. The van der Waals surface area contributed by atoms with Gasteiger partial charge >= 0.3 is 0 Å². The van der Waals surface area contributed by atoms with Crippen LogP contribution in [0.3, 0.4) is 0 Å². The summed E-state index contributed by atoms with van der Waals surface area (Å²) >= 11 is 0. The Bertz CT molecular complexity index is 1090. The van der Waals surface area contributed by atoms with E-state index in [1.807, 2.05) is 37.3 Å². The van der Waals surface area contributed by atoms with Crippen molar-refractivity contribution in [2.24, 2.45) is 0 Å². The number of nitrogens with zero attached hydrogens (tertiary/aromatic N) is 2. The highest BCUT2D eigenvalue weighted by Gasteiger charge is 2.31. The minimum absolute atomic E-state index is 0.520. The lowest BCUT2D eigenvalue weighted by Gasteiger charge is -2.34. The van der Waals surface area contributed by atoms with Crippen molar-refractivity contribution in [3.63, 3.8) is 0 Å². The molecule has 4 rings (SSSR count). The van der Waals surface area contributed by atoms with E-state index in [-0.39, 0.29) is 0 Å². The van der Waals surface area contributed by atoms with Gasteiger partial charge < -0.3 is 15.0 Å². The number of benzene rings is 2. The third kappa shape index (κ3) is 4.50. The number of anilines is 2. The molecular weight excluding hydrogens is 406 g/mol. The molecule has 1 aliphatic rings. The zero-order valence-electron chi connectivity index (χ0n) is 18.4. The number of hydrogen-bond acceptors (Lipinski definition) is 5. The summed E-state index contributed by atoms with van der Waals surface area (Å²) in [6.45, 7) is 9.24. The Labute approximate surface area is 186 Å². The van der Waals surface area contributed by atoms with Gasteiger partial charge in [-0.25, -0.2) is 9.19 Å². The highest BCUT2D eigenvalue weighted by molar-refractivity contribution is 7.85. The van der Waals surface area contributed by atoms with Gasteiger partial charge in [-0.15, -0.1) is 0 Å². The molecule has 1 unspecified atom stereocenters. The van der Waals surface area contributed by atoms with Crippen molar-refractivity contribution >= 4 is 22.2 Å². The van der Waals surface area contributed by atoms with E-state index in [4.69, 9.17) is 4.74 Å². The smallest absolute Gasteiger partial charge is 0.214 e. The van der Waals surface area contributed by atoms with Crippen molar-refractivity contribution in [2.45, 2.75) is 43.7 Å². The van der Waals surface area contributed by atoms with Gasteiger partial charge in [0.25, 0.3) is 0 Å². The van der Waals surface area contributed by atoms with Crippen LogP contribution in [0.2, 0.25) is 0 Å². The first-order valence-electron chi connectivity index (χ1n) is 10.8. The molecular formula is C25H29N3O2S. The molecule has 0 saturated carbocycles. The summed E-state index contributed by atoms with van der Waals surface area (Å²) in [5, 5.41) is 4.11. The Morgan fingerprint density at radius 3 is 2.65 bits per heavy atom. The fraction of sp³-hybridized carbons (Fsp3) is 0.320. The van der Waals surface area contributed by atoms with E-state index in [0.717, 1.165) is 42.3 Å². The summed E-state index contributed by atoms with van der Waals surface area (Å²) in [6, 6.07) is 18.3. The van der Waals surface area contributed by atoms with Crippen molar-refractivity contribution in [1.82, 2.24) is 10.3 Å². The van der Waals surface area contributed by atoms with E-state index in [0.29, 0.717) is 17.5 Å². The largest absolute Gasteiger partial charge is 0.478 e. The van der Waals surface area contributed by atoms with E-state index >= 15 is 0 Å². The van der Waals surface area contributed by atoms with Gasteiger partial charge in [-0.3, -0.25) is 0 Å². The van der Waals surface area contributed by atoms with E-state index < -0.39 is 10.8 Å². The van der Waals surface area contributed by atoms with E-state index in [1.54, 1.807) is 0 Å². The van der Waals surface area contributed by atoms with Gasteiger partial charge in [0.05, 0.1) is 22.9 Å². The second-order valence-electron chi connectivity index (χ2n) is 7.70. The predicted molar refractivity (Wildman–Crippen MR) is 126 cm³/mol. The molecule has 5 nitrogen and oxygen atoms in total. The number of aromatic nitrogens is 1. The van der Waals surface area contributed by atoms with Gasteiger partial charge in [0, 0.05) is 19.2 Å². The third-order valence-corrected chi connectivity index (χ3v) is 7.00. The molecule has 1 N–H and O–H groups in total. The van der Waals surface area contributed by atoms with Gasteiger partial charge in [0.2, 0.25) is 5.88 Å². The summed E-state index contributed by atoms with van der Waals surface area (Å²) in [6.07, 6.45) is 0.957. The highest BCUT2D eigenvalue weighted by Crippen LogP contribution is 2.44. The molecule has 0 saturated heterocycles. The monoisotopic (exact) mass is 435 g/mol. The molecule has 1 atom stereocenters. The maximum Gasteiger partial charge on any atom is 0.214 e. The lowest BCUT2D eigenvalue weighted by atomic mass is 10.1. The fourth-order valence-corrected chi connectivity index (χ4v) is 5.28. The average molecular weight is 436 g/mol. The Morgan fingerprint density at radius 2 is 1.87 bits per heavy atom. The third-order valence-electron chi connectivity index (χ3n) is 5.61. The number of aryl methyl sites for hydroxylation is 1. The van der Waals surface area contributed by atoms with Crippen molar-refractivity contribution in [3.8, 4) is 5.88 Å². The number of fused-ring (bicyclic) bond motifs is 2.